The normalized spacial score (nSPS) is 22.9. The van der Waals surface area contributed by atoms with Crippen LogP contribution in [0.25, 0.3) is 11.2 Å². The highest BCUT2D eigenvalue weighted by molar-refractivity contribution is 6.01. The lowest BCUT2D eigenvalue weighted by atomic mass is 9.59. The lowest BCUT2D eigenvalue weighted by Crippen LogP contribution is -2.57. The molecular formula is C49H55N9O5. The molecule has 1 spiro atoms. The van der Waals surface area contributed by atoms with E-state index in [9.17, 15) is 19.2 Å². The van der Waals surface area contributed by atoms with Gasteiger partial charge in [0.15, 0.2) is 23.6 Å². The quantitative estimate of drug-likeness (QED) is 0.124. The predicted molar refractivity (Wildman–Crippen MR) is 237 cm³/mol. The molecule has 2 saturated carbocycles. The number of fused-ring (bicyclic) bond motifs is 1. The van der Waals surface area contributed by atoms with Crippen LogP contribution in [0.15, 0.2) is 91.5 Å². The second kappa shape index (κ2) is 17.5. The molecule has 63 heavy (non-hydrogen) atoms. The number of carbonyl (C=O) groups is 4. The Bertz CT molecular complexity index is 2440. The Kier molecular flexibility index (Phi) is 11.4. The third kappa shape index (κ3) is 8.91. The monoisotopic (exact) mass is 849 g/mol. The third-order valence-electron chi connectivity index (χ3n) is 14.5. The average molecular weight is 850 g/mol. The highest BCUT2D eigenvalue weighted by atomic mass is 16.5. The molecule has 5 aliphatic rings. The van der Waals surface area contributed by atoms with E-state index in [2.05, 4.69) is 59.7 Å². The first-order valence-corrected chi connectivity index (χ1v) is 22.7. The third-order valence-corrected chi connectivity index (χ3v) is 14.5. The lowest BCUT2D eigenvalue weighted by Gasteiger charge is -2.56. The summed E-state index contributed by atoms with van der Waals surface area (Å²) in [6.07, 6.45) is 13.2. The fraction of sp³-hybridized carbons (Fsp3) is 0.449. The Morgan fingerprint density at radius 1 is 0.810 bits per heavy atom. The van der Waals surface area contributed by atoms with Gasteiger partial charge in [0, 0.05) is 43.3 Å². The van der Waals surface area contributed by atoms with Crippen molar-refractivity contribution in [3.05, 3.63) is 108 Å². The molecule has 4 amide bonds. The highest BCUT2D eigenvalue weighted by Gasteiger charge is 2.48. The molecule has 3 aliphatic heterocycles. The Morgan fingerprint density at radius 2 is 1.54 bits per heavy atom. The minimum absolute atomic E-state index is 0.00133. The van der Waals surface area contributed by atoms with Gasteiger partial charge in [-0.2, -0.15) is 0 Å². The Labute approximate surface area is 367 Å². The zero-order valence-electron chi connectivity index (χ0n) is 35.6. The fourth-order valence-electron chi connectivity index (χ4n) is 10.7. The molecule has 0 bridgehead atoms. The number of hydrogen-bond donors (Lipinski definition) is 3. The van der Waals surface area contributed by atoms with E-state index in [0.29, 0.717) is 48.2 Å². The van der Waals surface area contributed by atoms with Gasteiger partial charge in [-0.15, -0.1) is 0 Å². The molecule has 3 aromatic carbocycles. The zero-order valence-corrected chi connectivity index (χ0v) is 35.6. The number of nitrogens with one attached hydrogen (secondary N) is 3. The van der Waals surface area contributed by atoms with Crippen LogP contribution in [0.4, 0.5) is 11.5 Å². The second-order valence-electron chi connectivity index (χ2n) is 18.5. The van der Waals surface area contributed by atoms with Crippen LogP contribution in [0, 0.1) is 5.41 Å². The summed E-state index contributed by atoms with van der Waals surface area (Å²) in [5.74, 6) is 1.07. The van der Waals surface area contributed by atoms with Crippen molar-refractivity contribution in [1.82, 2.24) is 40.0 Å². The zero-order chi connectivity index (χ0) is 42.9. The first kappa shape index (κ1) is 40.9. The summed E-state index contributed by atoms with van der Waals surface area (Å²) in [7, 11) is 0. The number of imidazole rings is 1. The van der Waals surface area contributed by atoms with Gasteiger partial charge in [0.05, 0.1) is 18.7 Å². The van der Waals surface area contributed by atoms with Crippen LogP contribution in [-0.4, -0.2) is 97.8 Å². The topological polar surface area (TPSA) is 164 Å². The van der Waals surface area contributed by atoms with Crippen molar-refractivity contribution in [3.8, 4) is 5.75 Å². The molecule has 0 unspecified atom stereocenters. The van der Waals surface area contributed by atoms with Crippen molar-refractivity contribution in [2.75, 3.05) is 38.1 Å². The summed E-state index contributed by atoms with van der Waals surface area (Å²) in [6.45, 7) is 3.79. The molecule has 326 valence electrons. The number of anilines is 2. The molecule has 3 saturated heterocycles. The van der Waals surface area contributed by atoms with Crippen molar-refractivity contribution in [3.63, 3.8) is 0 Å². The molecule has 10 rings (SSSR count). The van der Waals surface area contributed by atoms with Crippen molar-refractivity contribution in [1.29, 1.82) is 0 Å². The van der Waals surface area contributed by atoms with Crippen LogP contribution >= 0.6 is 0 Å². The van der Waals surface area contributed by atoms with E-state index < -0.39 is 0 Å². The van der Waals surface area contributed by atoms with Crippen LogP contribution in [-0.2, 0) is 25.6 Å². The average Bonchev–Trinajstić information content (AvgIpc) is 3.71. The molecule has 14 heteroatoms. The van der Waals surface area contributed by atoms with Crippen molar-refractivity contribution in [2.45, 2.75) is 101 Å². The van der Waals surface area contributed by atoms with Gasteiger partial charge in [0.2, 0.25) is 17.7 Å². The van der Waals surface area contributed by atoms with Gasteiger partial charge >= 0.3 is 0 Å². The number of aromatic nitrogens is 4. The summed E-state index contributed by atoms with van der Waals surface area (Å²) >= 11 is 0. The predicted octanol–water partition coefficient (Wildman–Crippen LogP) is 6.18. The fourth-order valence-corrected chi connectivity index (χ4v) is 10.7. The summed E-state index contributed by atoms with van der Waals surface area (Å²) in [5, 5.41) is 9.07. The van der Waals surface area contributed by atoms with E-state index >= 15 is 0 Å². The molecule has 0 radical (unpaired) electrons. The second-order valence-corrected chi connectivity index (χ2v) is 18.5. The summed E-state index contributed by atoms with van der Waals surface area (Å²) < 4.78 is 7.96. The Balaban J connectivity index is 0.640. The number of ether oxygens (including phenoxy) is 1. The number of hydrogen-bond acceptors (Lipinski definition) is 10. The van der Waals surface area contributed by atoms with Crippen LogP contribution in [0.2, 0.25) is 0 Å². The maximum atomic E-state index is 13.1. The molecule has 5 fully saturated rings. The van der Waals surface area contributed by atoms with E-state index in [-0.39, 0.29) is 48.2 Å². The molecule has 5 heterocycles. The summed E-state index contributed by atoms with van der Waals surface area (Å²) in [6, 6.07) is 26.9. The van der Waals surface area contributed by atoms with E-state index in [1.165, 1.54) is 18.4 Å². The maximum absolute atomic E-state index is 13.1. The minimum Gasteiger partial charge on any atom is -0.484 e. The first-order chi connectivity index (χ1) is 30.7. The molecule has 14 nitrogen and oxygen atoms in total. The maximum Gasteiger partial charge on any atom is 0.260 e. The van der Waals surface area contributed by atoms with Crippen molar-refractivity contribution in [2.24, 2.45) is 5.41 Å². The van der Waals surface area contributed by atoms with Crippen LogP contribution < -0.4 is 20.7 Å². The molecule has 1 atom stereocenters. The lowest BCUT2D eigenvalue weighted by molar-refractivity contribution is -0.138. The molecule has 5 aromatic rings. The molecule has 2 aliphatic carbocycles. The van der Waals surface area contributed by atoms with E-state index in [1.807, 2.05) is 53.7 Å². The summed E-state index contributed by atoms with van der Waals surface area (Å²) in [4.78, 5) is 67.8. The number of amides is 4. The first-order valence-electron chi connectivity index (χ1n) is 22.7. The minimum atomic E-state index is -0.337. The van der Waals surface area contributed by atoms with Gasteiger partial charge in [0.1, 0.15) is 12.1 Å². The van der Waals surface area contributed by atoms with Gasteiger partial charge < -0.3 is 29.7 Å². The van der Waals surface area contributed by atoms with Crippen LogP contribution in [0.1, 0.15) is 98.8 Å². The van der Waals surface area contributed by atoms with E-state index in [1.54, 1.807) is 18.5 Å². The summed E-state index contributed by atoms with van der Waals surface area (Å²) in [5.41, 5.74) is 6.09. The number of rotatable bonds is 12. The van der Waals surface area contributed by atoms with Gasteiger partial charge in [0.25, 0.3) is 5.91 Å². The van der Waals surface area contributed by atoms with Gasteiger partial charge in [-0.1, -0.05) is 54.6 Å². The molecule has 2 aromatic heterocycles. The van der Waals surface area contributed by atoms with Crippen molar-refractivity contribution < 1.29 is 23.9 Å². The molecular weight excluding hydrogens is 795 g/mol. The highest BCUT2D eigenvalue weighted by Crippen LogP contribution is 2.51. The SMILES string of the molecule is O=C1CC[C@@H](c2ccc(OCC(=O)N3CCC4(CC3)CC(N3CCC(c5ccc(Nc6ncnc7c6ncn7C6CC(NC(=O)Cc7ccccc7)C6)cc5)CC3)C4)cc2)C(=O)N1. The van der Waals surface area contributed by atoms with Crippen LogP contribution in [0.5, 0.6) is 5.75 Å². The number of piperidine rings is 3. The van der Waals surface area contributed by atoms with Crippen LogP contribution in [0.3, 0.4) is 0 Å². The smallest absolute Gasteiger partial charge is 0.260 e. The van der Waals surface area contributed by atoms with Gasteiger partial charge in [-0.3, -0.25) is 24.5 Å². The number of nitrogens with zero attached hydrogens (tertiary/aromatic N) is 6. The number of benzene rings is 3. The number of carbonyl (C=O) groups excluding carboxylic acids is 4. The Morgan fingerprint density at radius 3 is 2.27 bits per heavy atom. The standard InChI is InChI=1S/C49H55N9O5/c59-42-15-14-41(48(62)55-42)35-8-12-40(13-9-35)63-29-44(61)57-22-18-49(19-23-57)27-39(28-49)56-20-16-34(17-21-56)33-6-10-36(11-7-33)54-46-45-47(51-30-50-46)58(31-52-45)38-25-37(26-38)53-43(60)24-32-4-2-1-3-5-32/h1-13,30-31,34,37-39,41H,14-29H2,(H,53,60)(H,50,51,54)(H,55,59,62)/t37?,38?,41-/m0/s1. The Hall–Kier alpha value is -6.15. The number of likely N-dealkylation sites (tertiary alicyclic amines) is 2. The van der Waals surface area contributed by atoms with Gasteiger partial charge in [-0.05, 0) is 123 Å². The largest absolute Gasteiger partial charge is 0.484 e. The van der Waals surface area contributed by atoms with E-state index in [4.69, 9.17) is 9.72 Å². The number of imide groups is 1. The van der Waals surface area contributed by atoms with E-state index in [0.717, 1.165) is 92.7 Å². The van der Waals surface area contributed by atoms with Gasteiger partial charge in [-0.25, -0.2) is 15.0 Å². The van der Waals surface area contributed by atoms with Crippen molar-refractivity contribution >= 4 is 46.3 Å². The molecule has 3 N–H and O–H groups in total.